The van der Waals surface area contributed by atoms with Crippen molar-refractivity contribution in [1.29, 1.82) is 0 Å². The van der Waals surface area contributed by atoms with Gasteiger partial charge in [0.05, 0.1) is 18.3 Å². The fourth-order valence-electron chi connectivity index (χ4n) is 5.07. The topological polar surface area (TPSA) is 114 Å². The van der Waals surface area contributed by atoms with Crippen LogP contribution in [0.3, 0.4) is 0 Å². The van der Waals surface area contributed by atoms with Gasteiger partial charge in [-0.1, -0.05) is 48.5 Å². The maximum Gasteiger partial charge on any atom is 0.411 e. The van der Waals surface area contributed by atoms with Gasteiger partial charge >= 0.3 is 12.1 Å². The molecule has 0 saturated carbocycles. The second-order valence-electron chi connectivity index (χ2n) is 8.86. The molecule has 9 nitrogen and oxygen atoms in total. The summed E-state index contributed by atoms with van der Waals surface area (Å²) in [5.41, 5.74) is 5.00. The number of benzene rings is 2. The van der Waals surface area contributed by atoms with Crippen molar-refractivity contribution in [2.75, 3.05) is 18.5 Å². The molecule has 1 atom stereocenters. The number of carbonyl (C=O) groups excluding carboxylic acids is 2. The zero-order chi connectivity index (χ0) is 24.4. The third-order valence-electron chi connectivity index (χ3n) is 6.63. The van der Waals surface area contributed by atoms with Crippen LogP contribution in [0.25, 0.3) is 11.1 Å². The van der Waals surface area contributed by atoms with Crippen LogP contribution in [0.2, 0.25) is 0 Å². The van der Waals surface area contributed by atoms with Gasteiger partial charge in [-0.15, -0.1) is 0 Å². The van der Waals surface area contributed by atoms with E-state index in [0.29, 0.717) is 18.7 Å². The molecule has 9 heteroatoms. The second kappa shape index (κ2) is 9.61. The van der Waals surface area contributed by atoms with E-state index in [1.807, 2.05) is 24.3 Å². The molecule has 35 heavy (non-hydrogen) atoms. The molecule has 1 fully saturated rings. The minimum atomic E-state index is -0.914. The highest BCUT2D eigenvalue weighted by Gasteiger charge is 2.31. The maximum atomic E-state index is 12.6. The molecule has 1 aliphatic carbocycles. The molecular weight excluding hydrogens is 448 g/mol. The molecule has 5 rings (SSSR count). The number of hydrogen-bond donors (Lipinski definition) is 2. The highest BCUT2D eigenvalue weighted by Crippen LogP contribution is 2.44. The van der Waals surface area contributed by atoms with Gasteiger partial charge in [0.25, 0.3) is 0 Å². The lowest BCUT2D eigenvalue weighted by Gasteiger charge is -2.23. The number of nitrogens with one attached hydrogen (secondary N) is 1. The van der Waals surface area contributed by atoms with Crippen LogP contribution in [0.1, 0.15) is 36.3 Å². The van der Waals surface area contributed by atoms with Crippen LogP contribution in [-0.2, 0) is 20.9 Å². The summed E-state index contributed by atoms with van der Waals surface area (Å²) < 4.78 is 6.98. The first-order valence-corrected chi connectivity index (χ1v) is 11.7. The number of fused-ring (bicyclic) bond motifs is 3. The van der Waals surface area contributed by atoms with Crippen molar-refractivity contribution in [3.8, 4) is 11.1 Å². The van der Waals surface area contributed by atoms with Crippen molar-refractivity contribution in [3.63, 3.8) is 0 Å². The van der Waals surface area contributed by atoms with Crippen molar-refractivity contribution < 1.29 is 24.2 Å². The summed E-state index contributed by atoms with van der Waals surface area (Å²) in [6.45, 7) is 0.720. The van der Waals surface area contributed by atoms with Gasteiger partial charge in [-0.2, -0.15) is 5.10 Å². The van der Waals surface area contributed by atoms with E-state index in [1.165, 1.54) is 10.9 Å². The Morgan fingerprint density at radius 3 is 2.43 bits per heavy atom. The first-order chi connectivity index (χ1) is 17.0. The SMILES string of the molecule is O=C(O)C[C@H]1CCCN1C(=O)Cn1cc(NC(=O)OCC2c3ccccc3-c3ccccc32)cn1. The Kier molecular flexibility index (Phi) is 6.22. The van der Waals surface area contributed by atoms with Crippen LogP contribution in [0, 0.1) is 0 Å². The van der Waals surface area contributed by atoms with Gasteiger partial charge in [-0.3, -0.25) is 19.6 Å². The van der Waals surface area contributed by atoms with E-state index in [0.717, 1.165) is 28.7 Å². The third-order valence-corrected chi connectivity index (χ3v) is 6.63. The van der Waals surface area contributed by atoms with E-state index < -0.39 is 12.1 Å². The number of aliphatic carboxylic acids is 1. The van der Waals surface area contributed by atoms with Crippen LogP contribution >= 0.6 is 0 Å². The van der Waals surface area contributed by atoms with Crippen LogP contribution in [-0.4, -0.2) is 57.0 Å². The lowest BCUT2D eigenvalue weighted by molar-refractivity contribution is -0.140. The molecule has 2 aliphatic rings. The molecule has 3 aromatic rings. The number of carbonyl (C=O) groups is 3. The highest BCUT2D eigenvalue weighted by atomic mass is 16.5. The summed E-state index contributed by atoms with van der Waals surface area (Å²) in [6, 6.07) is 16.0. The molecule has 2 aromatic carbocycles. The van der Waals surface area contributed by atoms with Gasteiger partial charge in [0.15, 0.2) is 0 Å². The molecule has 2 heterocycles. The molecule has 1 aromatic heterocycles. The number of anilines is 1. The Balaban J connectivity index is 1.17. The Hall–Kier alpha value is -4.14. The quantitative estimate of drug-likeness (QED) is 0.540. The molecule has 0 radical (unpaired) electrons. The molecule has 0 unspecified atom stereocenters. The first kappa shape index (κ1) is 22.6. The van der Waals surface area contributed by atoms with Gasteiger partial charge in [0, 0.05) is 24.7 Å². The monoisotopic (exact) mass is 474 g/mol. The van der Waals surface area contributed by atoms with Crippen molar-refractivity contribution in [1.82, 2.24) is 14.7 Å². The summed E-state index contributed by atoms with van der Waals surface area (Å²) in [5, 5.41) is 15.9. The summed E-state index contributed by atoms with van der Waals surface area (Å²) in [6.07, 6.45) is 3.83. The fraction of sp³-hybridized carbons (Fsp3) is 0.308. The molecule has 2 amide bonds. The predicted octanol–water partition coefficient (Wildman–Crippen LogP) is 3.71. The Morgan fingerprint density at radius 1 is 1.06 bits per heavy atom. The second-order valence-corrected chi connectivity index (χ2v) is 8.86. The van der Waals surface area contributed by atoms with Crippen molar-refractivity contribution in [2.45, 2.75) is 37.8 Å². The number of carboxylic acids is 1. The number of rotatable bonds is 7. The molecule has 2 N–H and O–H groups in total. The summed E-state index contributed by atoms with van der Waals surface area (Å²) in [7, 11) is 0. The van der Waals surface area contributed by atoms with Crippen LogP contribution in [0.15, 0.2) is 60.9 Å². The smallest absolute Gasteiger partial charge is 0.411 e. The van der Waals surface area contributed by atoms with E-state index in [4.69, 9.17) is 9.84 Å². The fourth-order valence-corrected chi connectivity index (χ4v) is 5.07. The van der Waals surface area contributed by atoms with E-state index in [2.05, 4.69) is 34.7 Å². The largest absolute Gasteiger partial charge is 0.481 e. The number of amides is 2. The standard InChI is InChI=1S/C26H26N4O5/c31-24(30-11-5-6-18(30)12-25(32)33)15-29-14-17(13-27-29)28-26(34)35-16-23-21-9-3-1-7-19(21)20-8-2-4-10-22(20)23/h1-4,7-10,13-14,18,23H,5-6,11-12,15-16H2,(H,28,34)(H,32,33)/t18-/m1/s1. The first-order valence-electron chi connectivity index (χ1n) is 11.7. The zero-order valence-corrected chi connectivity index (χ0v) is 19.1. The Morgan fingerprint density at radius 2 is 1.74 bits per heavy atom. The Labute approximate surface area is 202 Å². The lowest BCUT2D eigenvalue weighted by Crippen LogP contribution is -2.38. The average molecular weight is 475 g/mol. The van der Waals surface area contributed by atoms with E-state index in [-0.39, 0.29) is 37.4 Å². The van der Waals surface area contributed by atoms with E-state index in [9.17, 15) is 14.4 Å². The molecule has 1 aliphatic heterocycles. The summed E-state index contributed by atoms with van der Waals surface area (Å²) in [4.78, 5) is 37.8. The van der Waals surface area contributed by atoms with Crippen LogP contribution in [0.4, 0.5) is 10.5 Å². The van der Waals surface area contributed by atoms with Gasteiger partial charge in [0.2, 0.25) is 5.91 Å². The van der Waals surface area contributed by atoms with Crippen LogP contribution in [0.5, 0.6) is 0 Å². The van der Waals surface area contributed by atoms with Gasteiger partial charge in [-0.05, 0) is 35.1 Å². The van der Waals surface area contributed by atoms with Crippen molar-refractivity contribution in [3.05, 3.63) is 72.1 Å². The van der Waals surface area contributed by atoms with Crippen molar-refractivity contribution >= 4 is 23.7 Å². The number of carboxylic acid groups (broad SMARTS) is 1. The predicted molar refractivity (Wildman–Crippen MR) is 128 cm³/mol. The minimum Gasteiger partial charge on any atom is -0.481 e. The molecule has 1 saturated heterocycles. The normalized spacial score (nSPS) is 16.6. The van der Waals surface area contributed by atoms with Gasteiger partial charge < -0.3 is 14.7 Å². The molecule has 0 bridgehead atoms. The average Bonchev–Trinajstić information content (AvgIpc) is 3.55. The third kappa shape index (κ3) is 4.75. The molecule has 180 valence electrons. The highest BCUT2D eigenvalue weighted by molar-refractivity contribution is 5.85. The summed E-state index contributed by atoms with van der Waals surface area (Å²) in [5.74, 6) is -1.14. The Bertz CT molecular complexity index is 1220. The van der Waals surface area contributed by atoms with Gasteiger partial charge in [-0.25, -0.2) is 4.79 Å². The van der Waals surface area contributed by atoms with E-state index >= 15 is 0 Å². The molecule has 0 spiro atoms. The number of nitrogens with zero attached hydrogens (tertiary/aromatic N) is 3. The van der Waals surface area contributed by atoms with Crippen LogP contribution < -0.4 is 5.32 Å². The number of likely N-dealkylation sites (tertiary alicyclic amines) is 1. The number of aromatic nitrogens is 2. The summed E-state index contributed by atoms with van der Waals surface area (Å²) >= 11 is 0. The minimum absolute atomic E-state index is 0.0253. The maximum absolute atomic E-state index is 12.6. The number of hydrogen-bond acceptors (Lipinski definition) is 5. The van der Waals surface area contributed by atoms with Crippen molar-refractivity contribution in [2.24, 2.45) is 0 Å². The number of ether oxygens (including phenoxy) is 1. The lowest BCUT2D eigenvalue weighted by atomic mass is 9.98. The molecular formula is C26H26N4O5. The zero-order valence-electron chi connectivity index (χ0n) is 19.1. The van der Waals surface area contributed by atoms with Gasteiger partial charge in [0.1, 0.15) is 13.2 Å². The van der Waals surface area contributed by atoms with E-state index in [1.54, 1.807) is 11.1 Å².